The molecule has 1 unspecified atom stereocenters. The maximum Gasteiger partial charge on any atom is 0.309 e. The van der Waals surface area contributed by atoms with Gasteiger partial charge in [0.05, 0.1) is 6.42 Å². The molecule has 0 radical (unpaired) electrons. The quantitative estimate of drug-likeness (QED) is 0.562. The van der Waals surface area contributed by atoms with E-state index in [0.717, 1.165) is 38.5 Å². The topological polar surface area (TPSA) is 26.3 Å². The van der Waals surface area contributed by atoms with Crippen molar-refractivity contribution in [3.05, 3.63) is 0 Å². The molecule has 1 spiro atoms. The van der Waals surface area contributed by atoms with Crippen LogP contribution in [0.15, 0.2) is 0 Å². The van der Waals surface area contributed by atoms with Crippen molar-refractivity contribution in [1.82, 2.24) is 0 Å². The van der Waals surface area contributed by atoms with Gasteiger partial charge in [-0.2, -0.15) is 0 Å². The van der Waals surface area contributed by atoms with Gasteiger partial charge in [-0.05, 0) is 25.7 Å². The fraction of sp³-hybridized carbons (Fsp3) is 0.909. The zero-order chi connectivity index (χ0) is 10.0. The molecule has 1 aliphatic carbocycles. The van der Waals surface area contributed by atoms with Crippen LogP contribution in [0.25, 0.3) is 0 Å². The highest BCUT2D eigenvalue weighted by atomic mass is 19.1. The molecule has 1 aliphatic heterocycles. The van der Waals surface area contributed by atoms with Crippen LogP contribution in [-0.2, 0) is 9.53 Å². The van der Waals surface area contributed by atoms with Crippen molar-refractivity contribution in [2.45, 2.75) is 63.1 Å². The summed E-state index contributed by atoms with van der Waals surface area (Å²) in [6.07, 6.45) is 5.87. The summed E-state index contributed by atoms with van der Waals surface area (Å²) in [5, 5.41) is 0. The third kappa shape index (κ3) is 1.77. The first kappa shape index (κ1) is 9.94. The Balaban J connectivity index is 2.07. The van der Waals surface area contributed by atoms with Crippen molar-refractivity contribution < 1.29 is 13.9 Å². The monoisotopic (exact) mass is 200 g/mol. The van der Waals surface area contributed by atoms with Gasteiger partial charge in [-0.15, -0.1) is 0 Å². The Hall–Kier alpha value is -0.600. The second-order valence-electron chi connectivity index (χ2n) is 4.48. The average molecular weight is 200 g/mol. The minimum atomic E-state index is -1.06. The summed E-state index contributed by atoms with van der Waals surface area (Å²) < 4.78 is 18.9. The minimum Gasteiger partial charge on any atom is -0.456 e. The van der Waals surface area contributed by atoms with Crippen molar-refractivity contribution in [3.63, 3.8) is 0 Å². The van der Waals surface area contributed by atoms with Gasteiger partial charge in [0.2, 0.25) is 0 Å². The molecule has 0 aromatic heterocycles. The van der Waals surface area contributed by atoms with Gasteiger partial charge < -0.3 is 4.74 Å². The van der Waals surface area contributed by atoms with E-state index in [9.17, 15) is 9.18 Å². The molecule has 1 atom stereocenters. The zero-order valence-corrected chi connectivity index (χ0v) is 8.43. The van der Waals surface area contributed by atoms with Gasteiger partial charge in [0.1, 0.15) is 5.60 Å². The lowest BCUT2D eigenvalue weighted by Crippen LogP contribution is -2.37. The van der Waals surface area contributed by atoms with Gasteiger partial charge in [-0.25, -0.2) is 4.39 Å². The highest BCUT2D eigenvalue weighted by Gasteiger charge is 2.49. The Kier molecular flexibility index (Phi) is 2.75. The van der Waals surface area contributed by atoms with Gasteiger partial charge >= 0.3 is 5.97 Å². The second-order valence-corrected chi connectivity index (χ2v) is 4.48. The summed E-state index contributed by atoms with van der Waals surface area (Å²) >= 11 is 0. The van der Waals surface area contributed by atoms with Crippen LogP contribution in [0.2, 0.25) is 0 Å². The number of rotatable bonds is 0. The van der Waals surface area contributed by atoms with Crippen LogP contribution >= 0.6 is 0 Å². The predicted molar refractivity (Wildman–Crippen MR) is 50.7 cm³/mol. The molecule has 14 heavy (non-hydrogen) atoms. The Morgan fingerprint density at radius 1 is 1.14 bits per heavy atom. The van der Waals surface area contributed by atoms with Crippen LogP contribution in [0.1, 0.15) is 51.4 Å². The van der Waals surface area contributed by atoms with Crippen LogP contribution in [0.4, 0.5) is 4.39 Å². The molecule has 2 rings (SSSR count). The first-order chi connectivity index (χ1) is 6.73. The molecule has 2 aliphatic rings. The first-order valence-corrected chi connectivity index (χ1v) is 5.59. The van der Waals surface area contributed by atoms with E-state index >= 15 is 0 Å². The first-order valence-electron chi connectivity index (χ1n) is 5.59. The van der Waals surface area contributed by atoms with Gasteiger partial charge in [0, 0.05) is 0 Å². The Morgan fingerprint density at radius 2 is 1.71 bits per heavy atom. The fourth-order valence-corrected chi connectivity index (χ4v) is 2.58. The lowest BCUT2D eigenvalue weighted by Gasteiger charge is -2.31. The number of carbonyl (C=O) groups excluding carboxylic acids is 1. The summed E-state index contributed by atoms with van der Waals surface area (Å²) in [7, 11) is 0. The maximum atomic E-state index is 13.7. The number of carbonyl (C=O) groups is 1. The SMILES string of the molecule is O=C1CC(F)C2(CCCCCCC2)O1. The van der Waals surface area contributed by atoms with Crippen LogP contribution in [-0.4, -0.2) is 17.7 Å². The highest BCUT2D eigenvalue weighted by molar-refractivity contribution is 5.73. The molecule has 3 heteroatoms. The molecule has 0 bridgehead atoms. The lowest BCUT2D eigenvalue weighted by atomic mass is 9.84. The van der Waals surface area contributed by atoms with Crippen molar-refractivity contribution in [1.29, 1.82) is 0 Å². The van der Waals surface area contributed by atoms with Crippen molar-refractivity contribution >= 4 is 5.97 Å². The third-order valence-electron chi connectivity index (χ3n) is 3.43. The van der Waals surface area contributed by atoms with E-state index in [2.05, 4.69) is 0 Å². The van der Waals surface area contributed by atoms with Gasteiger partial charge in [-0.1, -0.05) is 19.3 Å². The lowest BCUT2D eigenvalue weighted by molar-refractivity contribution is -0.151. The van der Waals surface area contributed by atoms with E-state index < -0.39 is 11.8 Å². The number of halogens is 1. The molecular formula is C11H17FO2. The Morgan fingerprint density at radius 3 is 2.21 bits per heavy atom. The zero-order valence-electron chi connectivity index (χ0n) is 8.43. The standard InChI is InChI=1S/C11H17FO2/c12-9-8-10(13)14-11(9)6-4-2-1-3-5-7-11/h9H,1-8H2. The molecule has 0 amide bonds. The third-order valence-corrected chi connectivity index (χ3v) is 3.43. The average Bonchev–Trinajstić information content (AvgIpc) is 2.36. The molecule has 0 aromatic carbocycles. The van der Waals surface area contributed by atoms with Crippen LogP contribution in [0, 0.1) is 0 Å². The number of hydrogen-bond donors (Lipinski definition) is 0. The van der Waals surface area contributed by atoms with Crippen molar-refractivity contribution in [3.8, 4) is 0 Å². The fourth-order valence-electron chi connectivity index (χ4n) is 2.58. The molecule has 0 aromatic rings. The molecule has 1 heterocycles. The largest absolute Gasteiger partial charge is 0.456 e. The number of ether oxygens (including phenoxy) is 1. The van der Waals surface area contributed by atoms with E-state index in [0.29, 0.717) is 0 Å². The predicted octanol–water partition coefficient (Wildman–Crippen LogP) is 2.75. The van der Waals surface area contributed by atoms with Crippen LogP contribution in [0.5, 0.6) is 0 Å². The molecule has 2 fully saturated rings. The number of alkyl halides is 1. The van der Waals surface area contributed by atoms with Crippen molar-refractivity contribution in [2.75, 3.05) is 0 Å². The van der Waals surface area contributed by atoms with Gasteiger partial charge in [0.25, 0.3) is 0 Å². The molecule has 0 N–H and O–H groups in total. The molecule has 80 valence electrons. The van der Waals surface area contributed by atoms with E-state index in [1.54, 1.807) is 0 Å². The Bertz CT molecular complexity index is 219. The molecule has 2 nitrogen and oxygen atoms in total. The van der Waals surface area contributed by atoms with Crippen LogP contribution in [0.3, 0.4) is 0 Å². The maximum absolute atomic E-state index is 13.7. The van der Waals surface area contributed by atoms with Gasteiger partial charge in [0.15, 0.2) is 6.17 Å². The normalized spacial score (nSPS) is 32.4. The minimum absolute atomic E-state index is 0.0278. The summed E-state index contributed by atoms with van der Waals surface area (Å²) in [5.74, 6) is -0.349. The summed E-state index contributed by atoms with van der Waals surface area (Å²) in [5.41, 5.74) is -0.739. The van der Waals surface area contributed by atoms with Crippen molar-refractivity contribution in [2.24, 2.45) is 0 Å². The number of esters is 1. The summed E-state index contributed by atoms with van der Waals surface area (Å²) in [6.45, 7) is 0. The summed E-state index contributed by atoms with van der Waals surface area (Å²) in [6, 6.07) is 0. The molecular weight excluding hydrogens is 183 g/mol. The Labute approximate surface area is 83.8 Å². The molecule has 1 saturated carbocycles. The smallest absolute Gasteiger partial charge is 0.309 e. The van der Waals surface area contributed by atoms with E-state index in [-0.39, 0.29) is 12.4 Å². The summed E-state index contributed by atoms with van der Waals surface area (Å²) in [4.78, 5) is 11.1. The highest BCUT2D eigenvalue weighted by Crippen LogP contribution is 2.40. The second kappa shape index (κ2) is 3.87. The van der Waals surface area contributed by atoms with E-state index in [1.165, 1.54) is 6.42 Å². The van der Waals surface area contributed by atoms with E-state index in [4.69, 9.17) is 4.74 Å². The van der Waals surface area contributed by atoms with Gasteiger partial charge in [-0.3, -0.25) is 4.79 Å². The van der Waals surface area contributed by atoms with Crippen LogP contribution < -0.4 is 0 Å². The number of hydrogen-bond acceptors (Lipinski definition) is 2. The molecule has 1 saturated heterocycles. The van der Waals surface area contributed by atoms with E-state index in [1.807, 2.05) is 0 Å².